The largest absolute Gasteiger partial charge is 0.508 e. The lowest BCUT2D eigenvalue weighted by Gasteiger charge is -2.18. The van der Waals surface area contributed by atoms with E-state index in [1.54, 1.807) is 24.3 Å². The number of aryl methyl sites for hydroxylation is 1. The number of halogens is 1. The van der Waals surface area contributed by atoms with Crippen LogP contribution in [-0.4, -0.2) is 5.11 Å². The van der Waals surface area contributed by atoms with Gasteiger partial charge in [-0.1, -0.05) is 26.8 Å². The van der Waals surface area contributed by atoms with Crippen molar-refractivity contribution in [3.05, 3.63) is 51.6 Å². The van der Waals surface area contributed by atoms with E-state index in [0.29, 0.717) is 5.41 Å². The predicted octanol–water partition coefficient (Wildman–Crippen LogP) is 5.77. The Labute approximate surface area is 140 Å². The third-order valence-electron chi connectivity index (χ3n) is 3.22. The zero-order chi connectivity index (χ0) is 15.5. The molecular formula is C18H21IO2. The second kappa shape index (κ2) is 6.69. The monoisotopic (exact) mass is 396 g/mol. The summed E-state index contributed by atoms with van der Waals surface area (Å²) in [5.41, 5.74) is 1.69. The third kappa shape index (κ3) is 5.23. The molecule has 0 radical (unpaired) electrons. The minimum atomic E-state index is 0.245. The molecule has 0 aliphatic carbocycles. The highest BCUT2D eigenvalue weighted by atomic mass is 127. The molecule has 3 heteroatoms. The second-order valence-electron chi connectivity index (χ2n) is 6.42. The Balaban J connectivity index is 2.07. The van der Waals surface area contributed by atoms with Crippen LogP contribution in [0.15, 0.2) is 42.5 Å². The number of benzene rings is 2. The number of phenols is 1. The second-order valence-corrected chi connectivity index (χ2v) is 7.58. The Bertz CT molecular complexity index is 598. The van der Waals surface area contributed by atoms with E-state index in [9.17, 15) is 5.11 Å². The summed E-state index contributed by atoms with van der Waals surface area (Å²) in [4.78, 5) is 0. The Morgan fingerprint density at radius 2 is 1.71 bits per heavy atom. The summed E-state index contributed by atoms with van der Waals surface area (Å²) in [6.07, 6.45) is 2.25. The van der Waals surface area contributed by atoms with E-state index in [-0.39, 0.29) is 5.75 Å². The fourth-order valence-electron chi connectivity index (χ4n) is 1.94. The number of ether oxygens (including phenoxy) is 1. The molecule has 2 aromatic carbocycles. The molecule has 0 spiro atoms. The molecular weight excluding hydrogens is 375 g/mol. The molecule has 0 aromatic heterocycles. The van der Waals surface area contributed by atoms with Crippen molar-refractivity contribution in [3.8, 4) is 17.2 Å². The highest BCUT2D eigenvalue weighted by Crippen LogP contribution is 2.30. The molecule has 0 atom stereocenters. The predicted molar refractivity (Wildman–Crippen MR) is 95.1 cm³/mol. The first-order chi connectivity index (χ1) is 9.83. The first-order valence-corrected chi connectivity index (χ1v) is 8.17. The summed E-state index contributed by atoms with van der Waals surface area (Å²) in [5, 5.41) is 9.28. The van der Waals surface area contributed by atoms with Gasteiger partial charge in [0, 0.05) is 0 Å². The Hall–Kier alpha value is -1.23. The molecule has 0 heterocycles. The average Bonchev–Trinajstić information content (AvgIpc) is 2.41. The first-order valence-electron chi connectivity index (χ1n) is 7.09. The van der Waals surface area contributed by atoms with E-state index in [4.69, 9.17) is 4.74 Å². The van der Waals surface area contributed by atoms with Crippen molar-refractivity contribution in [3.63, 3.8) is 0 Å². The van der Waals surface area contributed by atoms with E-state index in [0.717, 1.165) is 21.5 Å². The molecule has 0 aliphatic rings. The standard InChI is InChI=1S/C18H21IO2/c1-18(2,3)11-10-13-4-9-17(16(19)12-13)21-15-7-5-14(20)6-8-15/h4-9,12,20H,10-11H2,1-3H3. The minimum absolute atomic E-state index is 0.245. The van der Waals surface area contributed by atoms with Crippen molar-refractivity contribution < 1.29 is 9.84 Å². The molecule has 0 bridgehead atoms. The highest BCUT2D eigenvalue weighted by Gasteiger charge is 2.11. The van der Waals surface area contributed by atoms with Crippen LogP contribution in [0.25, 0.3) is 0 Å². The number of aromatic hydroxyl groups is 1. The van der Waals surface area contributed by atoms with Crippen LogP contribution in [0.4, 0.5) is 0 Å². The average molecular weight is 396 g/mol. The molecule has 2 rings (SSSR count). The molecule has 0 saturated carbocycles. The smallest absolute Gasteiger partial charge is 0.140 e. The molecule has 112 valence electrons. The first kappa shape index (κ1) is 16.1. The molecule has 2 aromatic rings. The molecule has 0 fully saturated rings. The number of hydrogen-bond acceptors (Lipinski definition) is 2. The van der Waals surface area contributed by atoms with Gasteiger partial charge in [-0.2, -0.15) is 0 Å². The Morgan fingerprint density at radius 3 is 2.29 bits per heavy atom. The Morgan fingerprint density at radius 1 is 1.05 bits per heavy atom. The van der Waals surface area contributed by atoms with Crippen molar-refractivity contribution in [2.75, 3.05) is 0 Å². The fourth-order valence-corrected chi connectivity index (χ4v) is 2.63. The van der Waals surface area contributed by atoms with Gasteiger partial charge in [0.1, 0.15) is 17.2 Å². The molecule has 0 saturated heterocycles. The summed E-state index contributed by atoms with van der Waals surface area (Å²) in [6, 6.07) is 13.1. The van der Waals surface area contributed by atoms with Gasteiger partial charge >= 0.3 is 0 Å². The van der Waals surface area contributed by atoms with Gasteiger partial charge in [-0.3, -0.25) is 0 Å². The summed E-state index contributed by atoms with van der Waals surface area (Å²) < 4.78 is 6.95. The van der Waals surface area contributed by atoms with Gasteiger partial charge in [-0.25, -0.2) is 0 Å². The normalized spacial score (nSPS) is 11.4. The van der Waals surface area contributed by atoms with Crippen LogP contribution < -0.4 is 4.74 Å². The molecule has 0 amide bonds. The molecule has 1 N–H and O–H groups in total. The van der Waals surface area contributed by atoms with E-state index in [1.807, 2.05) is 6.07 Å². The molecule has 0 unspecified atom stereocenters. The lowest BCUT2D eigenvalue weighted by molar-refractivity contribution is 0.378. The summed E-state index contributed by atoms with van der Waals surface area (Å²) >= 11 is 2.31. The SMILES string of the molecule is CC(C)(C)CCc1ccc(Oc2ccc(O)cc2)c(I)c1. The topological polar surface area (TPSA) is 29.5 Å². The lowest BCUT2D eigenvalue weighted by Crippen LogP contribution is -2.06. The van der Waals surface area contributed by atoms with Crippen molar-refractivity contribution >= 4 is 22.6 Å². The molecule has 2 nitrogen and oxygen atoms in total. The van der Waals surface area contributed by atoms with Gasteiger partial charge in [0.05, 0.1) is 3.57 Å². The maximum Gasteiger partial charge on any atom is 0.140 e. The van der Waals surface area contributed by atoms with Gasteiger partial charge in [-0.05, 0) is 82.8 Å². The van der Waals surface area contributed by atoms with Crippen molar-refractivity contribution in [2.24, 2.45) is 5.41 Å². The number of phenolic OH excluding ortho intramolecular Hbond substituents is 1. The fraction of sp³-hybridized carbons (Fsp3) is 0.333. The zero-order valence-corrected chi connectivity index (χ0v) is 14.8. The lowest BCUT2D eigenvalue weighted by atomic mass is 9.89. The van der Waals surface area contributed by atoms with Crippen LogP contribution in [-0.2, 0) is 6.42 Å². The highest BCUT2D eigenvalue weighted by molar-refractivity contribution is 14.1. The van der Waals surface area contributed by atoms with Crippen LogP contribution >= 0.6 is 22.6 Å². The molecule has 21 heavy (non-hydrogen) atoms. The van der Waals surface area contributed by atoms with E-state index in [1.165, 1.54) is 12.0 Å². The maximum absolute atomic E-state index is 9.28. The zero-order valence-electron chi connectivity index (χ0n) is 12.7. The van der Waals surface area contributed by atoms with E-state index in [2.05, 4.69) is 55.5 Å². The third-order valence-corrected chi connectivity index (χ3v) is 4.07. The Kier molecular flexibility index (Phi) is 5.14. The minimum Gasteiger partial charge on any atom is -0.508 e. The maximum atomic E-state index is 9.28. The van der Waals surface area contributed by atoms with Crippen LogP contribution in [0.1, 0.15) is 32.8 Å². The quantitative estimate of drug-likeness (QED) is 0.665. The number of rotatable bonds is 4. The van der Waals surface area contributed by atoms with Crippen molar-refractivity contribution in [2.45, 2.75) is 33.6 Å². The summed E-state index contributed by atoms with van der Waals surface area (Å²) in [7, 11) is 0. The van der Waals surface area contributed by atoms with Gasteiger partial charge in [0.25, 0.3) is 0 Å². The van der Waals surface area contributed by atoms with Crippen LogP contribution in [0, 0.1) is 8.99 Å². The van der Waals surface area contributed by atoms with Gasteiger partial charge in [-0.15, -0.1) is 0 Å². The molecule has 0 aliphatic heterocycles. The van der Waals surface area contributed by atoms with E-state index < -0.39 is 0 Å². The number of hydrogen-bond donors (Lipinski definition) is 1. The van der Waals surface area contributed by atoms with Gasteiger partial charge in [0.2, 0.25) is 0 Å². The van der Waals surface area contributed by atoms with Crippen LogP contribution in [0.5, 0.6) is 17.2 Å². The van der Waals surface area contributed by atoms with Gasteiger partial charge in [0.15, 0.2) is 0 Å². The van der Waals surface area contributed by atoms with Crippen molar-refractivity contribution in [1.29, 1.82) is 0 Å². The van der Waals surface area contributed by atoms with Gasteiger partial charge < -0.3 is 9.84 Å². The summed E-state index contributed by atoms with van der Waals surface area (Å²) in [5.74, 6) is 1.82. The van der Waals surface area contributed by atoms with E-state index >= 15 is 0 Å². The summed E-state index contributed by atoms with van der Waals surface area (Å²) in [6.45, 7) is 6.79. The van der Waals surface area contributed by atoms with Crippen LogP contribution in [0.2, 0.25) is 0 Å². The van der Waals surface area contributed by atoms with Crippen molar-refractivity contribution in [1.82, 2.24) is 0 Å². The van der Waals surface area contributed by atoms with Crippen LogP contribution in [0.3, 0.4) is 0 Å².